The maximum atomic E-state index is 11.6. The van der Waals surface area contributed by atoms with Crippen LogP contribution in [0.5, 0.6) is 0 Å². The summed E-state index contributed by atoms with van der Waals surface area (Å²) >= 11 is 0. The van der Waals surface area contributed by atoms with Gasteiger partial charge in [0.05, 0.1) is 0 Å². The molecule has 1 atom stereocenters. The number of anilines is 1. The van der Waals surface area contributed by atoms with Gasteiger partial charge in [-0.05, 0) is 25.0 Å². The van der Waals surface area contributed by atoms with Crippen LogP contribution in [0.15, 0.2) is 30.3 Å². The van der Waals surface area contributed by atoms with Crippen LogP contribution in [0.1, 0.15) is 19.3 Å². The Hall–Kier alpha value is -2.57. The van der Waals surface area contributed by atoms with Crippen molar-refractivity contribution >= 4 is 23.7 Å². The van der Waals surface area contributed by atoms with E-state index in [0.29, 0.717) is 5.69 Å². The summed E-state index contributed by atoms with van der Waals surface area (Å²) in [7, 11) is 0. The van der Waals surface area contributed by atoms with E-state index in [1.165, 1.54) is 0 Å². The summed E-state index contributed by atoms with van der Waals surface area (Å²) in [6.07, 6.45) is 0.105. The average molecular weight is 280 g/mol. The van der Waals surface area contributed by atoms with Gasteiger partial charge in [0.2, 0.25) is 0 Å². The Kier molecular flexibility index (Phi) is 6.02. The summed E-state index contributed by atoms with van der Waals surface area (Å²) in [5.41, 5.74) is 0.541. The van der Waals surface area contributed by atoms with Gasteiger partial charge in [-0.3, -0.25) is 4.79 Å². The second kappa shape index (κ2) is 7.78. The van der Waals surface area contributed by atoms with Gasteiger partial charge in [0.1, 0.15) is 6.04 Å². The number of urea groups is 1. The van der Waals surface area contributed by atoms with Crippen molar-refractivity contribution in [3.05, 3.63) is 30.3 Å². The number of carboxylic acid groups (broad SMARTS) is 2. The van der Waals surface area contributed by atoms with E-state index in [1.54, 1.807) is 30.3 Å². The second-order valence-electron chi connectivity index (χ2n) is 4.14. The molecule has 0 fully saturated rings. The monoisotopic (exact) mass is 280 g/mol. The van der Waals surface area contributed by atoms with Gasteiger partial charge in [0, 0.05) is 12.1 Å². The zero-order valence-electron chi connectivity index (χ0n) is 10.7. The lowest BCUT2D eigenvalue weighted by atomic mass is 10.1. The Morgan fingerprint density at radius 2 is 1.75 bits per heavy atom. The van der Waals surface area contributed by atoms with E-state index in [4.69, 9.17) is 10.2 Å². The highest BCUT2D eigenvalue weighted by Gasteiger charge is 2.19. The van der Waals surface area contributed by atoms with Crippen LogP contribution < -0.4 is 10.6 Å². The lowest BCUT2D eigenvalue weighted by Crippen LogP contribution is -2.43. The summed E-state index contributed by atoms with van der Waals surface area (Å²) in [6.45, 7) is 0. The molecular weight excluding hydrogens is 264 g/mol. The number of carboxylic acids is 2. The van der Waals surface area contributed by atoms with Gasteiger partial charge in [-0.15, -0.1) is 0 Å². The summed E-state index contributed by atoms with van der Waals surface area (Å²) in [6, 6.07) is 6.83. The maximum absolute atomic E-state index is 11.6. The number of rotatable bonds is 7. The van der Waals surface area contributed by atoms with Crippen molar-refractivity contribution in [3.63, 3.8) is 0 Å². The van der Waals surface area contributed by atoms with E-state index < -0.39 is 24.0 Å². The number of hydrogen-bond acceptors (Lipinski definition) is 3. The predicted molar refractivity (Wildman–Crippen MR) is 71.5 cm³/mol. The highest BCUT2D eigenvalue weighted by atomic mass is 16.4. The van der Waals surface area contributed by atoms with Crippen LogP contribution in [0.4, 0.5) is 10.5 Å². The maximum Gasteiger partial charge on any atom is 0.326 e. The van der Waals surface area contributed by atoms with E-state index in [9.17, 15) is 14.4 Å². The third-order valence-electron chi connectivity index (χ3n) is 2.52. The fourth-order valence-corrected chi connectivity index (χ4v) is 1.56. The summed E-state index contributed by atoms with van der Waals surface area (Å²) in [4.78, 5) is 33.0. The summed E-state index contributed by atoms with van der Waals surface area (Å²) in [5, 5.41) is 22.3. The molecule has 0 unspecified atom stereocenters. The van der Waals surface area contributed by atoms with Gasteiger partial charge in [-0.25, -0.2) is 9.59 Å². The molecule has 1 rings (SSSR count). The molecule has 1 aromatic carbocycles. The number of hydrogen-bond donors (Lipinski definition) is 4. The molecule has 0 saturated heterocycles. The average Bonchev–Trinajstić information content (AvgIpc) is 2.38. The number of para-hydroxylation sites is 1. The van der Waals surface area contributed by atoms with Crippen LogP contribution in [-0.2, 0) is 9.59 Å². The fourth-order valence-electron chi connectivity index (χ4n) is 1.56. The minimum atomic E-state index is -1.20. The molecule has 0 aliphatic heterocycles. The van der Waals surface area contributed by atoms with Gasteiger partial charge in [0.15, 0.2) is 0 Å². The van der Waals surface area contributed by atoms with E-state index in [1.807, 2.05) is 0 Å². The van der Waals surface area contributed by atoms with Crippen LogP contribution in [0.2, 0.25) is 0 Å². The van der Waals surface area contributed by atoms with Crippen molar-refractivity contribution < 1.29 is 24.6 Å². The van der Waals surface area contributed by atoms with Crippen molar-refractivity contribution in [1.29, 1.82) is 0 Å². The molecule has 0 aliphatic rings. The molecule has 2 amide bonds. The van der Waals surface area contributed by atoms with Gasteiger partial charge >= 0.3 is 18.0 Å². The van der Waals surface area contributed by atoms with Crippen molar-refractivity contribution in [1.82, 2.24) is 5.32 Å². The van der Waals surface area contributed by atoms with Crippen LogP contribution in [-0.4, -0.2) is 34.2 Å². The highest BCUT2D eigenvalue weighted by molar-refractivity contribution is 5.92. The Bertz CT molecular complexity index is 475. The van der Waals surface area contributed by atoms with E-state index in [2.05, 4.69) is 10.6 Å². The first-order chi connectivity index (χ1) is 9.49. The zero-order valence-corrected chi connectivity index (χ0v) is 10.7. The quantitative estimate of drug-likeness (QED) is 0.604. The molecule has 0 heterocycles. The lowest BCUT2D eigenvalue weighted by molar-refractivity contribution is -0.140. The third-order valence-corrected chi connectivity index (χ3v) is 2.52. The standard InChI is InChI=1S/C13H16N2O5/c16-11(17)8-4-7-10(12(18)19)15-13(20)14-9-5-2-1-3-6-9/h1-3,5-6,10H,4,7-8H2,(H,16,17)(H,18,19)(H2,14,15,20)/t10-/m1/s1. The van der Waals surface area contributed by atoms with Crippen molar-refractivity contribution in [3.8, 4) is 0 Å². The minimum absolute atomic E-state index is 0.0594. The highest BCUT2D eigenvalue weighted by Crippen LogP contribution is 2.06. The molecule has 0 aliphatic carbocycles. The second-order valence-corrected chi connectivity index (χ2v) is 4.14. The largest absolute Gasteiger partial charge is 0.481 e. The number of amides is 2. The first-order valence-electron chi connectivity index (χ1n) is 6.06. The first kappa shape index (κ1) is 15.5. The molecule has 1 aromatic rings. The van der Waals surface area contributed by atoms with Crippen LogP contribution >= 0.6 is 0 Å². The topological polar surface area (TPSA) is 116 Å². The molecule has 0 radical (unpaired) electrons. The van der Waals surface area contributed by atoms with Gasteiger partial charge in [-0.1, -0.05) is 18.2 Å². The smallest absolute Gasteiger partial charge is 0.326 e. The predicted octanol–water partition coefficient (Wildman–Crippen LogP) is 1.52. The first-order valence-corrected chi connectivity index (χ1v) is 6.06. The molecule has 0 saturated carbocycles. The van der Waals surface area contributed by atoms with Gasteiger partial charge < -0.3 is 20.8 Å². The van der Waals surface area contributed by atoms with Crippen LogP contribution in [0.25, 0.3) is 0 Å². The molecule has 108 valence electrons. The zero-order chi connectivity index (χ0) is 15.0. The Balaban J connectivity index is 2.46. The van der Waals surface area contributed by atoms with E-state index in [0.717, 1.165) is 0 Å². The molecule has 7 nitrogen and oxygen atoms in total. The van der Waals surface area contributed by atoms with E-state index >= 15 is 0 Å². The molecule has 0 bridgehead atoms. The van der Waals surface area contributed by atoms with Gasteiger partial charge in [0.25, 0.3) is 0 Å². The molecule has 7 heteroatoms. The van der Waals surface area contributed by atoms with Crippen molar-refractivity contribution in [2.75, 3.05) is 5.32 Å². The van der Waals surface area contributed by atoms with Crippen molar-refractivity contribution in [2.45, 2.75) is 25.3 Å². The lowest BCUT2D eigenvalue weighted by Gasteiger charge is -2.14. The Morgan fingerprint density at radius 3 is 2.30 bits per heavy atom. The fraction of sp³-hybridized carbons (Fsp3) is 0.308. The van der Waals surface area contributed by atoms with Crippen molar-refractivity contribution in [2.24, 2.45) is 0 Å². The molecular formula is C13H16N2O5. The number of carbonyl (C=O) groups is 3. The summed E-state index contributed by atoms with van der Waals surface area (Å²) < 4.78 is 0. The normalized spacial score (nSPS) is 11.4. The molecule has 4 N–H and O–H groups in total. The summed E-state index contributed by atoms with van der Waals surface area (Å²) in [5.74, 6) is -2.19. The number of nitrogens with one attached hydrogen (secondary N) is 2. The Morgan fingerprint density at radius 1 is 1.10 bits per heavy atom. The van der Waals surface area contributed by atoms with Crippen LogP contribution in [0.3, 0.4) is 0 Å². The van der Waals surface area contributed by atoms with E-state index in [-0.39, 0.29) is 19.3 Å². The third kappa shape index (κ3) is 5.85. The number of carbonyl (C=O) groups excluding carboxylic acids is 1. The number of benzene rings is 1. The SMILES string of the molecule is O=C(O)CCC[C@@H](NC(=O)Nc1ccccc1)C(=O)O. The van der Waals surface area contributed by atoms with Crippen LogP contribution in [0, 0.1) is 0 Å². The Labute approximate surface area is 115 Å². The molecule has 0 spiro atoms. The molecule has 0 aromatic heterocycles. The minimum Gasteiger partial charge on any atom is -0.481 e. The number of aliphatic carboxylic acids is 2. The van der Waals surface area contributed by atoms with Gasteiger partial charge in [-0.2, -0.15) is 0 Å². The molecule has 20 heavy (non-hydrogen) atoms.